The van der Waals surface area contributed by atoms with Crippen LogP contribution < -0.4 is 14.2 Å². The molecule has 2 aromatic rings. The first-order valence-electron chi connectivity index (χ1n) is 9.98. The SMILES string of the molecule is COc1cc(C(=O)N2CCN(Cc3ccccn3)CC2)cc(OC)c1OC.O=C(O)C(=O)O. The van der Waals surface area contributed by atoms with Gasteiger partial charge in [0.1, 0.15) is 0 Å². The van der Waals surface area contributed by atoms with Gasteiger partial charge in [-0.05, 0) is 24.3 Å². The summed E-state index contributed by atoms with van der Waals surface area (Å²) in [5, 5.41) is 14.8. The molecule has 0 atom stereocenters. The maximum Gasteiger partial charge on any atom is 0.414 e. The lowest BCUT2D eigenvalue weighted by atomic mass is 10.1. The second-order valence-corrected chi connectivity index (χ2v) is 6.91. The molecule has 1 saturated heterocycles. The molecule has 11 heteroatoms. The van der Waals surface area contributed by atoms with Crippen molar-refractivity contribution in [2.45, 2.75) is 6.54 Å². The molecule has 1 fully saturated rings. The van der Waals surface area contributed by atoms with E-state index in [0.29, 0.717) is 35.9 Å². The molecule has 2 N–H and O–H groups in total. The van der Waals surface area contributed by atoms with Crippen molar-refractivity contribution >= 4 is 17.8 Å². The maximum atomic E-state index is 12.9. The van der Waals surface area contributed by atoms with E-state index >= 15 is 0 Å². The van der Waals surface area contributed by atoms with Gasteiger partial charge in [-0.25, -0.2) is 9.59 Å². The molecule has 1 aliphatic rings. The molecule has 33 heavy (non-hydrogen) atoms. The van der Waals surface area contributed by atoms with Crippen LogP contribution in [0.4, 0.5) is 0 Å². The number of carbonyl (C=O) groups excluding carboxylic acids is 1. The number of rotatable bonds is 6. The van der Waals surface area contributed by atoms with Crippen LogP contribution in [-0.2, 0) is 16.1 Å². The molecule has 1 aliphatic heterocycles. The van der Waals surface area contributed by atoms with Gasteiger partial charge in [0.15, 0.2) is 11.5 Å². The molecular weight excluding hydrogens is 434 g/mol. The van der Waals surface area contributed by atoms with Gasteiger partial charge in [-0.1, -0.05) is 6.07 Å². The third-order valence-electron chi connectivity index (χ3n) is 4.87. The standard InChI is InChI=1S/C20H25N3O4.C2H2O4/c1-25-17-12-15(13-18(26-2)19(17)27-3)20(24)23-10-8-22(9-11-23)14-16-6-4-5-7-21-16;3-1(4)2(5)6/h4-7,12-13H,8-11,14H2,1-3H3;(H,3,4)(H,5,6). The third kappa shape index (κ3) is 7.07. The summed E-state index contributed by atoms with van der Waals surface area (Å²) in [4.78, 5) is 39.7. The summed E-state index contributed by atoms with van der Waals surface area (Å²) >= 11 is 0. The molecule has 0 unspecified atom stereocenters. The number of methoxy groups -OCH3 is 3. The quantitative estimate of drug-likeness (QED) is 0.604. The zero-order valence-corrected chi connectivity index (χ0v) is 18.7. The highest BCUT2D eigenvalue weighted by molar-refractivity contribution is 6.27. The van der Waals surface area contributed by atoms with Crippen molar-refractivity contribution in [1.82, 2.24) is 14.8 Å². The molecule has 0 saturated carbocycles. The van der Waals surface area contributed by atoms with Gasteiger partial charge in [0.05, 0.1) is 27.0 Å². The van der Waals surface area contributed by atoms with Crippen molar-refractivity contribution in [3.8, 4) is 17.2 Å². The highest BCUT2D eigenvalue weighted by Gasteiger charge is 2.25. The molecule has 0 bridgehead atoms. The van der Waals surface area contributed by atoms with Crippen LogP contribution in [0.3, 0.4) is 0 Å². The van der Waals surface area contributed by atoms with Crippen LogP contribution in [0.1, 0.15) is 16.1 Å². The topological polar surface area (TPSA) is 139 Å². The van der Waals surface area contributed by atoms with Gasteiger partial charge in [0.25, 0.3) is 5.91 Å². The number of hydrogen-bond acceptors (Lipinski definition) is 8. The fourth-order valence-corrected chi connectivity index (χ4v) is 3.22. The van der Waals surface area contributed by atoms with Crippen LogP contribution in [-0.4, -0.2) is 90.4 Å². The number of nitrogens with zero attached hydrogens (tertiary/aromatic N) is 3. The summed E-state index contributed by atoms with van der Waals surface area (Å²) in [5.74, 6) is -2.24. The van der Waals surface area contributed by atoms with Crippen molar-refractivity contribution in [1.29, 1.82) is 0 Å². The van der Waals surface area contributed by atoms with E-state index in [4.69, 9.17) is 34.0 Å². The lowest BCUT2D eigenvalue weighted by Gasteiger charge is -2.34. The van der Waals surface area contributed by atoms with Crippen molar-refractivity contribution in [2.75, 3.05) is 47.5 Å². The number of aromatic nitrogens is 1. The van der Waals surface area contributed by atoms with Crippen molar-refractivity contribution in [2.24, 2.45) is 0 Å². The summed E-state index contributed by atoms with van der Waals surface area (Å²) < 4.78 is 16.0. The van der Waals surface area contributed by atoms with Crippen LogP contribution in [0, 0.1) is 0 Å². The zero-order chi connectivity index (χ0) is 24.4. The fraction of sp³-hybridized carbons (Fsp3) is 0.364. The summed E-state index contributed by atoms with van der Waals surface area (Å²) in [5.41, 5.74) is 1.57. The van der Waals surface area contributed by atoms with Crippen LogP contribution in [0.15, 0.2) is 36.5 Å². The molecule has 1 amide bonds. The predicted molar refractivity (Wildman–Crippen MR) is 117 cm³/mol. The first-order chi connectivity index (χ1) is 15.8. The fourth-order valence-electron chi connectivity index (χ4n) is 3.22. The highest BCUT2D eigenvalue weighted by atomic mass is 16.5. The smallest absolute Gasteiger partial charge is 0.414 e. The monoisotopic (exact) mass is 461 g/mol. The lowest BCUT2D eigenvalue weighted by molar-refractivity contribution is -0.159. The van der Waals surface area contributed by atoms with Gasteiger partial charge in [0, 0.05) is 44.5 Å². The molecular formula is C22H27N3O8. The minimum atomic E-state index is -1.82. The molecule has 11 nitrogen and oxygen atoms in total. The van der Waals surface area contributed by atoms with Crippen LogP contribution in [0.2, 0.25) is 0 Å². The number of carboxylic acid groups (broad SMARTS) is 2. The molecule has 1 aromatic carbocycles. The first-order valence-corrected chi connectivity index (χ1v) is 9.98. The minimum absolute atomic E-state index is 0.0354. The number of carboxylic acids is 2. The number of ether oxygens (including phenoxy) is 3. The predicted octanol–water partition coefficient (Wildman–Crippen LogP) is 1.22. The molecule has 178 valence electrons. The van der Waals surface area contributed by atoms with Gasteiger partial charge in [0.2, 0.25) is 5.75 Å². The summed E-state index contributed by atoms with van der Waals surface area (Å²) in [7, 11) is 4.63. The van der Waals surface area contributed by atoms with E-state index in [1.807, 2.05) is 23.1 Å². The Bertz CT molecular complexity index is 922. The van der Waals surface area contributed by atoms with E-state index in [0.717, 1.165) is 25.3 Å². The van der Waals surface area contributed by atoms with E-state index in [9.17, 15) is 4.79 Å². The number of piperazine rings is 1. The average molecular weight is 461 g/mol. The van der Waals surface area contributed by atoms with Gasteiger partial charge < -0.3 is 29.3 Å². The van der Waals surface area contributed by atoms with E-state index < -0.39 is 11.9 Å². The molecule has 0 radical (unpaired) electrons. The Labute approximate surface area is 191 Å². The zero-order valence-electron chi connectivity index (χ0n) is 18.7. The summed E-state index contributed by atoms with van der Waals surface area (Å²) in [6, 6.07) is 9.32. The highest BCUT2D eigenvalue weighted by Crippen LogP contribution is 2.38. The van der Waals surface area contributed by atoms with Crippen molar-refractivity contribution < 1.29 is 38.8 Å². The molecule has 0 aliphatic carbocycles. The van der Waals surface area contributed by atoms with Crippen LogP contribution in [0.25, 0.3) is 0 Å². The van der Waals surface area contributed by atoms with Gasteiger partial charge in [-0.15, -0.1) is 0 Å². The maximum absolute atomic E-state index is 12.9. The molecule has 0 spiro atoms. The minimum Gasteiger partial charge on any atom is -0.493 e. The molecule has 2 heterocycles. The first kappa shape index (κ1) is 25.4. The number of benzene rings is 1. The Morgan fingerprint density at radius 3 is 1.91 bits per heavy atom. The van der Waals surface area contributed by atoms with E-state index in [-0.39, 0.29) is 5.91 Å². The largest absolute Gasteiger partial charge is 0.493 e. The Hall–Kier alpha value is -3.86. The Morgan fingerprint density at radius 1 is 0.909 bits per heavy atom. The van der Waals surface area contributed by atoms with Gasteiger partial charge >= 0.3 is 11.9 Å². The van der Waals surface area contributed by atoms with E-state index in [1.54, 1.807) is 39.7 Å². The Kier molecular flexibility index (Phi) is 9.43. The number of hydrogen-bond donors (Lipinski definition) is 2. The lowest BCUT2D eigenvalue weighted by Crippen LogP contribution is -2.48. The third-order valence-corrected chi connectivity index (χ3v) is 4.87. The average Bonchev–Trinajstić information content (AvgIpc) is 2.84. The summed E-state index contributed by atoms with van der Waals surface area (Å²) in [6.45, 7) is 3.76. The number of amides is 1. The normalized spacial score (nSPS) is 13.4. The molecule has 3 rings (SSSR count). The Morgan fingerprint density at radius 2 is 1.48 bits per heavy atom. The van der Waals surface area contributed by atoms with Crippen LogP contribution in [0.5, 0.6) is 17.2 Å². The van der Waals surface area contributed by atoms with E-state index in [1.165, 1.54) is 0 Å². The van der Waals surface area contributed by atoms with Gasteiger partial charge in [-0.3, -0.25) is 14.7 Å². The number of carbonyl (C=O) groups is 3. The Balaban J connectivity index is 0.000000569. The van der Waals surface area contributed by atoms with Crippen molar-refractivity contribution in [3.05, 3.63) is 47.8 Å². The second kappa shape index (κ2) is 12.2. The second-order valence-electron chi connectivity index (χ2n) is 6.91. The van der Waals surface area contributed by atoms with Gasteiger partial charge in [-0.2, -0.15) is 0 Å². The number of aliphatic carboxylic acids is 2. The summed E-state index contributed by atoms with van der Waals surface area (Å²) in [6.07, 6.45) is 1.81. The van der Waals surface area contributed by atoms with Crippen molar-refractivity contribution in [3.63, 3.8) is 0 Å². The molecule has 1 aromatic heterocycles. The number of pyridine rings is 1. The van der Waals surface area contributed by atoms with Crippen LogP contribution >= 0.6 is 0 Å². The van der Waals surface area contributed by atoms with E-state index in [2.05, 4.69) is 9.88 Å².